The topological polar surface area (TPSA) is 53.2 Å². The van der Waals surface area contributed by atoms with E-state index in [9.17, 15) is 35.8 Å². The van der Waals surface area contributed by atoms with Gasteiger partial charge in [0.2, 0.25) is 0 Å². The summed E-state index contributed by atoms with van der Waals surface area (Å²) in [7, 11) is 0. The minimum Gasteiger partial charge on any atom is -0.457 e. The third-order valence-corrected chi connectivity index (χ3v) is 4.96. The Balaban J connectivity index is 1.92. The molecule has 146 valence electrons. The molecule has 4 rings (SSSR count). The second-order valence-electron chi connectivity index (χ2n) is 6.51. The molecule has 0 bridgehead atoms. The van der Waals surface area contributed by atoms with Gasteiger partial charge in [-0.2, -0.15) is 22.8 Å². The molecule has 28 heavy (non-hydrogen) atoms. The smallest absolute Gasteiger partial charge is 0.349 e. The van der Waals surface area contributed by atoms with Crippen molar-refractivity contribution in [2.75, 3.05) is 0 Å². The van der Waals surface area contributed by atoms with Crippen molar-refractivity contribution in [2.24, 2.45) is 0 Å². The fourth-order valence-corrected chi connectivity index (χ4v) is 3.68. The number of ether oxygens (including phenoxy) is 1. The zero-order valence-corrected chi connectivity index (χ0v) is 13.5. The van der Waals surface area contributed by atoms with Gasteiger partial charge in [0, 0.05) is 22.8 Å². The van der Waals surface area contributed by atoms with E-state index >= 15 is 0 Å². The van der Waals surface area contributed by atoms with Gasteiger partial charge in [0.25, 0.3) is 0 Å². The van der Waals surface area contributed by atoms with Crippen LogP contribution in [-0.2, 0) is 11.5 Å². The monoisotopic (exact) mass is 403 g/mol. The van der Waals surface area contributed by atoms with Crippen molar-refractivity contribution in [3.8, 4) is 17.6 Å². The lowest BCUT2D eigenvalue weighted by atomic mass is 9.93. The van der Waals surface area contributed by atoms with Crippen LogP contribution < -0.4 is 4.74 Å². The Morgan fingerprint density at radius 2 is 1.75 bits per heavy atom. The Kier molecular flexibility index (Phi) is 3.57. The van der Waals surface area contributed by atoms with Gasteiger partial charge >= 0.3 is 11.8 Å². The summed E-state index contributed by atoms with van der Waals surface area (Å²) in [6, 6.07) is 5.43. The van der Waals surface area contributed by atoms with E-state index < -0.39 is 58.0 Å². The lowest BCUT2D eigenvalue weighted by Crippen LogP contribution is -2.53. The van der Waals surface area contributed by atoms with Gasteiger partial charge in [0.05, 0.1) is 11.6 Å². The van der Waals surface area contributed by atoms with Crippen LogP contribution in [0.1, 0.15) is 28.4 Å². The lowest BCUT2D eigenvalue weighted by molar-refractivity contribution is -0.302. The molecule has 0 aliphatic heterocycles. The fraction of sp³-hybridized carbons (Fsp3) is 0.278. The average molecular weight is 403 g/mol. The van der Waals surface area contributed by atoms with Crippen LogP contribution in [0.3, 0.4) is 0 Å². The molecule has 0 aromatic heterocycles. The van der Waals surface area contributed by atoms with E-state index in [1.807, 2.05) is 0 Å². The highest BCUT2D eigenvalue weighted by Crippen LogP contribution is 2.69. The molecule has 10 heteroatoms. The van der Waals surface area contributed by atoms with E-state index in [2.05, 4.69) is 0 Å². The molecule has 0 saturated heterocycles. The zero-order chi connectivity index (χ0) is 20.6. The van der Waals surface area contributed by atoms with E-state index in [-0.39, 0.29) is 11.3 Å². The molecule has 0 fully saturated rings. The molecule has 0 amide bonds. The maximum atomic E-state index is 14.5. The second kappa shape index (κ2) is 5.38. The molecular weight excluding hydrogens is 395 g/mol. The molecule has 3 atom stereocenters. The number of nitriles is 1. The van der Waals surface area contributed by atoms with Crippen molar-refractivity contribution < 1.29 is 40.6 Å². The molecule has 2 aromatic rings. The maximum absolute atomic E-state index is 14.5. The number of halogens is 7. The van der Waals surface area contributed by atoms with Crippen LogP contribution in [0.15, 0.2) is 30.3 Å². The number of aliphatic hydroxyl groups is 1. The van der Waals surface area contributed by atoms with Gasteiger partial charge in [-0.15, -0.1) is 0 Å². The van der Waals surface area contributed by atoms with Gasteiger partial charge in [-0.1, -0.05) is 0 Å². The van der Waals surface area contributed by atoms with Crippen LogP contribution >= 0.6 is 0 Å². The zero-order valence-electron chi connectivity index (χ0n) is 13.5. The molecule has 0 radical (unpaired) electrons. The van der Waals surface area contributed by atoms with E-state index in [1.165, 1.54) is 0 Å². The van der Waals surface area contributed by atoms with Gasteiger partial charge in [-0.05, 0) is 24.3 Å². The summed E-state index contributed by atoms with van der Waals surface area (Å²) >= 11 is 0. The third-order valence-electron chi connectivity index (χ3n) is 4.96. The Morgan fingerprint density at radius 3 is 2.39 bits per heavy atom. The highest BCUT2D eigenvalue weighted by molar-refractivity contribution is 5.62. The molecule has 1 N–H and O–H groups in total. The van der Waals surface area contributed by atoms with Crippen molar-refractivity contribution in [2.45, 2.75) is 29.8 Å². The summed E-state index contributed by atoms with van der Waals surface area (Å²) in [5.74, 6) is -12.2. The maximum Gasteiger partial charge on any atom is 0.349 e. The summed E-state index contributed by atoms with van der Waals surface area (Å²) < 4.78 is 104. The quantitative estimate of drug-likeness (QED) is 0.735. The minimum absolute atomic E-state index is 0.192. The van der Waals surface area contributed by atoms with Crippen molar-refractivity contribution in [1.82, 2.24) is 0 Å². The molecule has 2 aliphatic carbocycles. The van der Waals surface area contributed by atoms with Crippen LogP contribution in [0.2, 0.25) is 0 Å². The van der Waals surface area contributed by atoms with Gasteiger partial charge in [0.1, 0.15) is 17.3 Å². The SMILES string of the molecule is N#Cc1cc(F)cc(Oc2ccc3c4c2[C@H](F)[C@@H](F)[C@]4(O)C(F)(F)C3(F)F)c1. The summed E-state index contributed by atoms with van der Waals surface area (Å²) in [6.45, 7) is 0. The normalized spacial score (nSPS) is 28.7. The van der Waals surface area contributed by atoms with Crippen LogP contribution in [0.5, 0.6) is 11.5 Å². The van der Waals surface area contributed by atoms with Gasteiger partial charge < -0.3 is 9.84 Å². The Labute approximate surface area is 152 Å². The number of nitrogens with zero attached hydrogens (tertiary/aromatic N) is 1. The number of benzene rings is 2. The molecular formula is C18H8F7NO2. The third kappa shape index (κ3) is 1.97. The summed E-state index contributed by atoms with van der Waals surface area (Å²) in [4.78, 5) is 0. The lowest BCUT2D eigenvalue weighted by Gasteiger charge is -2.32. The molecule has 0 heterocycles. The molecule has 2 aromatic carbocycles. The van der Waals surface area contributed by atoms with Crippen LogP contribution in [0.4, 0.5) is 30.7 Å². The standard InChI is InChI=1S/C18H8F7NO2/c19-8-3-7(6-26)4-9(5-8)28-11-2-1-10-13-12(11)14(20)15(21)16(13,27)18(24,25)17(10,22)23/h1-5,14-15,27H/t14-,15+,16-/m0/s1. The Morgan fingerprint density at radius 1 is 1.07 bits per heavy atom. The molecule has 0 saturated carbocycles. The predicted molar refractivity (Wildman–Crippen MR) is 79.1 cm³/mol. The predicted octanol–water partition coefficient (Wildman–Crippen LogP) is 4.78. The first-order chi connectivity index (χ1) is 13.0. The first kappa shape index (κ1) is 18.6. The fourth-order valence-electron chi connectivity index (χ4n) is 3.68. The first-order valence-electron chi connectivity index (χ1n) is 7.79. The van der Waals surface area contributed by atoms with Gasteiger partial charge in [-0.25, -0.2) is 13.2 Å². The minimum atomic E-state index is -5.30. The van der Waals surface area contributed by atoms with E-state index in [0.29, 0.717) is 12.1 Å². The van der Waals surface area contributed by atoms with E-state index in [0.717, 1.165) is 18.2 Å². The van der Waals surface area contributed by atoms with Crippen molar-refractivity contribution in [3.63, 3.8) is 0 Å². The summed E-state index contributed by atoms with van der Waals surface area (Å²) in [5, 5.41) is 19.0. The van der Waals surface area contributed by atoms with Crippen molar-refractivity contribution in [3.05, 3.63) is 58.4 Å². The molecule has 0 spiro atoms. The number of rotatable bonds is 2. The second-order valence-corrected chi connectivity index (χ2v) is 6.51. The van der Waals surface area contributed by atoms with Crippen LogP contribution in [-0.4, -0.2) is 17.2 Å². The first-order valence-corrected chi connectivity index (χ1v) is 7.79. The molecule has 3 nitrogen and oxygen atoms in total. The average Bonchev–Trinajstić information content (AvgIpc) is 2.90. The Hall–Kier alpha value is -2.80. The largest absolute Gasteiger partial charge is 0.457 e. The van der Waals surface area contributed by atoms with Gasteiger partial charge in [-0.3, -0.25) is 0 Å². The molecule has 0 unspecified atom stereocenters. The highest BCUT2D eigenvalue weighted by atomic mass is 19.3. The summed E-state index contributed by atoms with van der Waals surface area (Å²) in [6.07, 6.45) is -6.27. The summed E-state index contributed by atoms with van der Waals surface area (Å²) in [5.41, 5.74) is -7.98. The Bertz CT molecular complexity index is 1050. The van der Waals surface area contributed by atoms with E-state index in [1.54, 1.807) is 6.07 Å². The van der Waals surface area contributed by atoms with Crippen molar-refractivity contribution >= 4 is 0 Å². The van der Waals surface area contributed by atoms with Crippen LogP contribution in [0.25, 0.3) is 0 Å². The van der Waals surface area contributed by atoms with E-state index in [4.69, 9.17) is 10.00 Å². The van der Waals surface area contributed by atoms with Crippen molar-refractivity contribution in [1.29, 1.82) is 5.26 Å². The highest BCUT2D eigenvalue weighted by Gasteiger charge is 2.82. The molecule has 2 aliphatic rings. The van der Waals surface area contributed by atoms with Gasteiger partial charge in [0.15, 0.2) is 17.9 Å². The number of hydrogen-bond donors (Lipinski definition) is 1. The number of alkyl halides is 6. The van der Waals surface area contributed by atoms with Crippen LogP contribution in [0, 0.1) is 17.1 Å². The number of hydrogen-bond acceptors (Lipinski definition) is 3.